The van der Waals surface area contributed by atoms with E-state index in [2.05, 4.69) is 28.8 Å². The summed E-state index contributed by atoms with van der Waals surface area (Å²) >= 11 is 0. The van der Waals surface area contributed by atoms with E-state index in [1.165, 1.54) is 43.4 Å². The van der Waals surface area contributed by atoms with E-state index in [4.69, 9.17) is 10.7 Å². The van der Waals surface area contributed by atoms with Crippen LogP contribution in [0.15, 0.2) is 24.3 Å². The molecule has 2 aromatic rings. The monoisotopic (exact) mass is 255 g/mol. The number of para-hydroxylation sites is 2. The third-order valence-electron chi connectivity index (χ3n) is 4.96. The first-order chi connectivity index (χ1) is 9.31. The second-order valence-corrected chi connectivity index (χ2v) is 6.35. The fraction of sp³-hybridized carbons (Fsp3) is 0.562. The molecule has 19 heavy (non-hydrogen) atoms. The number of rotatable bonds is 4. The number of aromatic nitrogens is 2. The molecule has 0 aliphatic heterocycles. The standard InChI is InChI=1S/C16H21N3/c17-11-16(8-3-9-16)10-15-18-13-4-1-2-5-14(13)19(15)12-6-7-12/h1-2,4-5,12H,3,6-11,17H2. The van der Waals surface area contributed by atoms with Crippen LogP contribution in [0.1, 0.15) is 44.0 Å². The summed E-state index contributed by atoms with van der Waals surface area (Å²) < 4.78 is 2.49. The normalized spacial score (nSPS) is 21.5. The Hall–Kier alpha value is -1.35. The van der Waals surface area contributed by atoms with Gasteiger partial charge in [0.05, 0.1) is 11.0 Å². The third kappa shape index (κ3) is 1.79. The predicted molar refractivity (Wildman–Crippen MR) is 77.0 cm³/mol. The zero-order valence-corrected chi connectivity index (χ0v) is 11.3. The lowest BCUT2D eigenvalue weighted by atomic mass is 9.66. The largest absolute Gasteiger partial charge is 0.330 e. The number of nitrogens with zero attached hydrogens (tertiary/aromatic N) is 2. The van der Waals surface area contributed by atoms with Crippen LogP contribution in [0, 0.1) is 5.41 Å². The lowest BCUT2D eigenvalue weighted by Crippen LogP contribution is -2.39. The minimum absolute atomic E-state index is 0.341. The first-order valence-corrected chi connectivity index (χ1v) is 7.47. The van der Waals surface area contributed by atoms with Crippen molar-refractivity contribution in [2.45, 2.75) is 44.6 Å². The van der Waals surface area contributed by atoms with Crippen molar-refractivity contribution in [3.05, 3.63) is 30.1 Å². The number of imidazole rings is 1. The van der Waals surface area contributed by atoms with Crippen molar-refractivity contribution < 1.29 is 0 Å². The van der Waals surface area contributed by atoms with Crippen molar-refractivity contribution in [1.82, 2.24) is 9.55 Å². The van der Waals surface area contributed by atoms with Crippen LogP contribution < -0.4 is 5.73 Å². The maximum atomic E-state index is 6.02. The van der Waals surface area contributed by atoms with E-state index in [0.29, 0.717) is 11.5 Å². The van der Waals surface area contributed by atoms with Crippen LogP contribution in [-0.2, 0) is 6.42 Å². The number of hydrogen-bond donors (Lipinski definition) is 1. The summed E-state index contributed by atoms with van der Waals surface area (Å²) in [6.45, 7) is 0.806. The van der Waals surface area contributed by atoms with Gasteiger partial charge in [-0.3, -0.25) is 0 Å². The van der Waals surface area contributed by atoms with Gasteiger partial charge in [-0.2, -0.15) is 0 Å². The summed E-state index contributed by atoms with van der Waals surface area (Å²) in [5.74, 6) is 1.27. The number of nitrogens with two attached hydrogens (primary N) is 1. The molecule has 3 heteroatoms. The molecule has 0 bridgehead atoms. The molecule has 0 saturated heterocycles. The van der Waals surface area contributed by atoms with Crippen LogP contribution in [0.4, 0.5) is 0 Å². The molecule has 0 unspecified atom stereocenters. The molecule has 1 aromatic heterocycles. The Balaban J connectivity index is 1.78. The van der Waals surface area contributed by atoms with Gasteiger partial charge in [0.1, 0.15) is 5.82 Å². The molecule has 2 fully saturated rings. The molecule has 2 N–H and O–H groups in total. The Labute approximate surface area is 113 Å². The lowest BCUT2D eigenvalue weighted by Gasteiger charge is -2.40. The van der Waals surface area contributed by atoms with Crippen molar-refractivity contribution >= 4 is 11.0 Å². The number of hydrogen-bond acceptors (Lipinski definition) is 2. The predicted octanol–water partition coefficient (Wildman–Crippen LogP) is 3.04. The lowest BCUT2D eigenvalue weighted by molar-refractivity contribution is 0.140. The Kier molecular flexibility index (Phi) is 2.46. The summed E-state index contributed by atoms with van der Waals surface area (Å²) in [5.41, 5.74) is 8.82. The Morgan fingerprint density at radius 3 is 2.68 bits per heavy atom. The molecule has 4 rings (SSSR count). The molecule has 1 heterocycles. The highest BCUT2D eigenvalue weighted by Crippen LogP contribution is 2.45. The van der Waals surface area contributed by atoms with E-state index in [1.54, 1.807) is 0 Å². The molecule has 3 nitrogen and oxygen atoms in total. The van der Waals surface area contributed by atoms with Crippen molar-refractivity contribution in [3.8, 4) is 0 Å². The van der Waals surface area contributed by atoms with Gasteiger partial charge in [0.25, 0.3) is 0 Å². The van der Waals surface area contributed by atoms with Gasteiger partial charge in [0.15, 0.2) is 0 Å². The van der Waals surface area contributed by atoms with E-state index in [1.807, 2.05) is 0 Å². The van der Waals surface area contributed by atoms with Gasteiger partial charge in [-0.15, -0.1) is 0 Å². The Bertz CT molecular complexity index is 600. The summed E-state index contributed by atoms with van der Waals surface area (Å²) in [6.07, 6.45) is 7.57. The summed E-state index contributed by atoms with van der Waals surface area (Å²) in [5, 5.41) is 0. The SMILES string of the molecule is NCC1(Cc2nc3ccccc3n2C2CC2)CCC1. The highest BCUT2D eigenvalue weighted by Gasteiger charge is 2.38. The van der Waals surface area contributed by atoms with Crippen LogP contribution in [0.2, 0.25) is 0 Å². The van der Waals surface area contributed by atoms with Gasteiger partial charge in [0, 0.05) is 12.5 Å². The molecule has 2 aliphatic carbocycles. The van der Waals surface area contributed by atoms with E-state index in [-0.39, 0.29) is 0 Å². The maximum absolute atomic E-state index is 6.02. The molecule has 1 aromatic carbocycles. The Morgan fingerprint density at radius 1 is 1.26 bits per heavy atom. The fourth-order valence-corrected chi connectivity index (χ4v) is 3.42. The Morgan fingerprint density at radius 2 is 2.05 bits per heavy atom. The second kappa shape index (κ2) is 4.07. The minimum Gasteiger partial charge on any atom is -0.330 e. The molecule has 2 saturated carbocycles. The average Bonchev–Trinajstić information content (AvgIpc) is 3.15. The molecule has 0 radical (unpaired) electrons. The van der Waals surface area contributed by atoms with E-state index < -0.39 is 0 Å². The highest BCUT2D eigenvalue weighted by molar-refractivity contribution is 5.76. The molecule has 0 spiro atoms. The maximum Gasteiger partial charge on any atom is 0.110 e. The summed E-state index contributed by atoms with van der Waals surface area (Å²) in [6, 6.07) is 9.23. The van der Waals surface area contributed by atoms with Gasteiger partial charge in [-0.05, 0) is 49.8 Å². The minimum atomic E-state index is 0.341. The third-order valence-corrected chi connectivity index (χ3v) is 4.96. The molecule has 0 atom stereocenters. The number of benzene rings is 1. The first-order valence-electron chi connectivity index (χ1n) is 7.47. The zero-order chi connectivity index (χ0) is 12.9. The van der Waals surface area contributed by atoms with Crippen LogP contribution in [0.3, 0.4) is 0 Å². The van der Waals surface area contributed by atoms with Crippen molar-refractivity contribution in [2.75, 3.05) is 6.54 Å². The fourth-order valence-electron chi connectivity index (χ4n) is 3.42. The van der Waals surface area contributed by atoms with Gasteiger partial charge < -0.3 is 10.3 Å². The van der Waals surface area contributed by atoms with Crippen LogP contribution >= 0.6 is 0 Å². The zero-order valence-electron chi connectivity index (χ0n) is 11.3. The molecule has 2 aliphatic rings. The van der Waals surface area contributed by atoms with Crippen LogP contribution in [-0.4, -0.2) is 16.1 Å². The summed E-state index contributed by atoms with van der Waals surface area (Å²) in [7, 11) is 0. The first kappa shape index (κ1) is 11.5. The number of fused-ring (bicyclic) bond motifs is 1. The van der Waals surface area contributed by atoms with E-state index in [9.17, 15) is 0 Å². The summed E-state index contributed by atoms with van der Waals surface area (Å²) in [4.78, 5) is 4.90. The quantitative estimate of drug-likeness (QED) is 0.912. The smallest absolute Gasteiger partial charge is 0.110 e. The van der Waals surface area contributed by atoms with Crippen molar-refractivity contribution in [3.63, 3.8) is 0 Å². The highest BCUT2D eigenvalue weighted by atomic mass is 15.1. The van der Waals surface area contributed by atoms with Gasteiger partial charge in [-0.25, -0.2) is 4.98 Å². The van der Waals surface area contributed by atoms with Crippen molar-refractivity contribution in [2.24, 2.45) is 11.1 Å². The van der Waals surface area contributed by atoms with Crippen molar-refractivity contribution in [1.29, 1.82) is 0 Å². The molecular formula is C16H21N3. The molecular weight excluding hydrogens is 234 g/mol. The topological polar surface area (TPSA) is 43.8 Å². The van der Waals surface area contributed by atoms with Gasteiger partial charge in [0.2, 0.25) is 0 Å². The molecule has 0 amide bonds. The van der Waals surface area contributed by atoms with Crippen LogP contribution in [0.5, 0.6) is 0 Å². The van der Waals surface area contributed by atoms with Crippen LogP contribution in [0.25, 0.3) is 11.0 Å². The van der Waals surface area contributed by atoms with Gasteiger partial charge in [-0.1, -0.05) is 18.6 Å². The van der Waals surface area contributed by atoms with E-state index >= 15 is 0 Å². The van der Waals surface area contributed by atoms with E-state index in [0.717, 1.165) is 18.5 Å². The molecule has 100 valence electrons. The van der Waals surface area contributed by atoms with Gasteiger partial charge >= 0.3 is 0 Å². The second-order valence-electron chi connectivity index (χ2n) is 6.35. The average molecular weight is 255 g/mol.